The van der Waals surface area contributed by atoms with Gasteiger partial charge in [0.05, 0.1) is 0 Å². The Hall–Kier alpha value is -3.42. The first-order valence-corrected chi connectivity index (χ1v) is 11.1. The second kappa shape index (κ2) is 9.83. The Balaban J connectivity index is 1.77. The van der Waals surface area contributed by atoms with Gasteiger partial charge in [0.1, 0.15) is 11.4 Å². The third kappa shape index (κ3) is 7.04. The minimum atomic E-state index is -1.33. The molecular weight excluding hydrogens is 441 g/mol. The van der Waals surface area contributed by atoms with Crippen molar-refractivity contribution in [2.75, 3.05) is 0 Å². The summed E-state index contributed by atoms with van der Waals surface area (Å²) in [6, 6.07) is 13.1. The fourth-order valence-corrected chi connectivity index (χ4v) is 3.67. The van der Waals surface area contributed by atoms with Crippen LogP contribution in [-0.2, 0) is 30.2 Å². The second-order valence-corrected chi connectivity index (χ2v) is 9.78. The highest BCUT2D eigenvalue weighted by atomic mass is 19.1. The zero-order chi connectivity index (χ0) is 25.1. The van der Waals surface area contributed by atoms with Crippen molar-refractivity contribution in [3.05, 3.63) is 59.9 Å². The van der Waals surface area contributed by atoms with Crippen LogP contribution in [0.15, 0.2) is 48.5 Å². The first kappa shape index (κ1) is 25.2. The maximum atomic E-state index is 13.5. The lowest BCUT2D eigenvalue weighted by atomic mass is 9.93. The quantitative estimate of drug-likeness (QED) is 0.482. The molecule has 2 aromatic carbocycles. The van der Waals surface area contributed by atoms with E-state index >= 15 is 0 Å². The molecule has 2 aromatic rings. The molecule has 182 valence electrons. The molecule has 1 N–H and O–H groups in total. The van der Waals surface area contributed by atoms with E-state index in [9.17, 15) is 18.8 Å². The molecule has 34 heavy (non-hydrogen) atoms. The van der Waals surface area contributed by atoms with Crippen LogP contribution < -0.4 is 5.32 Å². The fourth-order valence-electron chi connectivity index (χ4n) is 3.67. The second-order valence-electron chi connectivity index (χ2n) is 9.78. The van der Waals surface area contributed by atoms with Crippen molar-refractivity contribution in [3.8, 4) is 11.1 Å². The van der Waals surface area contributed by atoms with Crippen LogP contribution in [0.3, 0.4) is 0 Å². The summed E-state index contributed by atoms with van der Waals surface area (Å²) in [5.74, 6) is -4.21. The van der Waals surface area contributed by atoms with E-state index in [0.717, 1.165) is 16.7 Å². The van der Waals surface area contributed by atoms with Crippen LogP contribution in [0.25, 0.3) is 11.1 Å². The van der Waals surface area contributed by atoms with Gasteiger partial charge in [-0.2, -0.15) is 0 Å². The Morgan fingerprint density at radius 2 is 1.68 bits per heavy atom. The monoisotopic (exact) mass is 471 g/mol. The van der Waals surface area contributed by atoms with Gasteiger partial charge in [-0.3, -0.25) is 9.59 Å². The molecule has 1 fully saturated rings. The number of hydrogen-bond acceptors (Lipinski definition) is 6. The largest absolute Gasteiger partial charge is 0.444 e. The number of amides is 1. The van der Waals surface area contributed by atoms with E-state index in [1.807, 2.05) is 30.3 Å². The highest BCUT2D eigenvalue weighted by Crippen LogP contribution is 2.27. The van der Waals surface area contributed by atoms with Crippen LogP contribution in [0.4, 0.5) is 9.18 Å². The molecule has 0 aliphatic carbocycles. The summed E-state index contributed by atoms with van der Waals surface area (Å²) in [5, 5.41) is 2.76. The number of esters is 2. The number of nitrogens with one attached hydrogen (secondary N) is 1. The summed E-state index contributed by atoms with van der Waals surface area (Å²) in [6.07, 6.45) is -0.353. The van der Waals surface area contributed by atoms with Gasteiger partial charge >= 0.3 is 18.0 Å². The van der Waals surface area contributed by atoms with Gasteiger partial charge in [-0.05, 0) is 62.4 Å². The van der Waals surface area contributed by atoms with Gasteiger partial charge in [0, 0.05) is 19.9 Å². The number of hydrogen-bond donors (Lipinski definition) is 1. The van der Waals surface area contributed by atoms with Crippen LogP contribution in [0.2, 0.25) is 0 Å². The summed E-state index contributed by atoms with van der Waals surface area (Å²) >= 11 is 0. The van der Waals surface area contributed by atoms with Gasteiger partial charge in [-0.25, -0.2) is 9.18 Å². The minimum Gasteiger partial charge on any atom is -0.444 e. The van der Waals surface area contributed by atoms with Gasteiger partial charge in [-0.1, -0.05) is 36.4 Å². The molecule has 1 aliphatic heterocycles. The Kier molecular flexibility index (Phi) is 7.29. The van der Waals surface area contributed by atoms with Crippen molar-refractivity contribution in [1.82, 2.24) is 5.32 Å². The molecule has 8 heteroatoms. The summed E-state index contributed by atoms with van der Waals surface area (Å²) in [7, 11) is 0. The third-order valence-electron chi connectivity index (χ3n) is 5.10. The molecule has 0 bridgehead atoms. The maximum absolute atomic E-state index is 13.5. The van der Waals surface area contributed by atoms with Crippen molar-refractivity contribution in [2.45, 2.75) is 64.9 Å². The van der Waals surface area contributed by atoms with Crippen LogP contribution in [0.5, 0.6) is 0 Å². The van der Waals surface area contributed by atoms with Gasteiger partial charge in [0.15, 0.2) is 5.92 Å². The molecule has 0 radical (unpaired) electrons. The fraction of sp³-hybridized carbons (Fsp3) is 0.423. The molecule has 1 unspecified atom stereocenters. The summed E-state index contributed by atoms with van der Waals surface area (Å²) in [6.45, 7) is 8.19. The van der Waals surface area contributed by atoms with Gasteiger partial charge < -0.3 is 19.5 Å². The summed E-state index contributed by atoms with van der Waals surface area (Å²) < 4.78 is 29.3. The van der Waals surface area contributed by atoms with Crippen molar-refractivity contribution in [3.63, 3.8) is 0 Å². The molecular formula is C26H30FNO6. The number of cyclic esters (lactones) is 2. The zero-order valence-corrected chi connectivity index (χ0v) is 20.0. The van der Waals surface area contributed by atoms with Crippen LogP contribution in [-0.4, -0.2) is 35.5 Å². The van der Waals surface area contributed by atoms with E-state index in [2.05, 4.69) is 5.32 Å². The van der Waals surface area contributed by atoms with Crippen LogP contribution >= 0.6 is 0 Å². The van der Waals surface area contributed by atoms with Crippen LogP contribution in [0, 0.1) is 11.7 Å². The Bertz CT molecular complexity index is 1040. The first-order chi connectivity index (χ1) is 15.8. The normalized spacial score (nSPS) is 16.9. The smallest absolute Gasteiger partial charge is 0.407 e. The number of carbonyl (C=O) groups excluding carboxylic acids is 3. The van der Waals surface area contributed by atoms with Gasteiger partial charge in [0.25, 0.3) is 5.79 Å². The van der Waals surface area contributed by atoms with E-state index in [-0.39, 0.29) is 12.2 Å². The molecule has 1 saturated heterocycles. The number of ether oxygens (including phenoxy) is 3. The number of benzene rings is 2. The standard InChI is InChI=1S/C26H30FNO6/c1-25(2,3)34-24(31)28-20(15-21-22(29)32-26(4,5)33-23(21)30)13-16-9-11-17(12-10-16)18-7-6-8-19(27)14-18/h6-12,14,20-21H,13,15H2,1-5H3,(H,28,31). The SMILES string of the molecule is CC(C)(C)OC(=O)NC(Cc1ccc(-c2cccc(F)c2)cc1)CC1C(=O)OC(C)(C)OC1=O. The van der Waals surface area contributed by atoms with Crippen molar-refractivity contribution < 1.29 is 33.0 Å². The molecule has 1 heterocycles. The molecule has 0 saturated carbocycles. The maximum Gasteiger partial charge on any atom is 0.407 e. The number of carbonyl (C=O) groups is 3. The molecule has 7 nitrogen and oxygen atoms in total. The molecule has 1 amide bonds. The topological polar surface area (TPSA) is 90.9 Å². The number of rotatable bonds is 6. The zero-order valence-electron chi connectivity index (χ0n) is 20.0. The van der Waals surface area contributed by atoms with Gasteiger partial charge in [-0.15, -0.1) is 0 Å². The number of halogens is 1. The van der Waals surface area contributed by atoms with E-state index in [0.29, 0.717) is 6.42 Å². The van der Waals surface area contributed by atoms with E-state index in [1.54, 1.807) is 26.8 Å². The Morgan fingerprint density at radius 3 is 2.24 bits per heavy atom. The molecule has 1 aliphatic rings. The van der Waals surface area contributed by atoms with Crippen molar-refractivity contribution >= 4 is 18.0 Å². The summed E-state index contributed by atoms with van der Waals surface area (Å²) in [5.41, 5.74) is 1.71. The third-order valence-corrected chi connectivity index (χ3v) is 5.10. The highest BCUT2D eigenvalue weighted by Gasteiger charge is 2.44. The minimum absolute atomic E-state index is 0.0152. The molecule has 0 aromatic heterocycles. The van der Waals surface area contributed by atoms with Gasteiger partial charge in [0.2, 0.25) is 0 Å². The molecule has 0 spiro atoms. The lowest BCUT2D eigenvalue weighted by Gasteiger charge is -2.34. The summed E-state index contributed by atoms with van der Waals surface area (Å²) in [4.78, 5) is 37.3. The number of alkyl carbamates (subject to hydrolysis) is 1. The Labute approximate surface area is 198 Å². The van der Waals surface area contributed by atoms with E-state index in [1.165, 1.54) is 26.0 Å². The van der Waals surface area contributed by atoms with E-state index < -0.39 is 41.4 Å². The molecule has 3 rings (SSSR count). The van der Waals surface area contributed by atoms with Crippen molar-refractivity contribution in [2.24, 2.45) is 5.92 Å². The first-order valence-electron chi connectivity index (χ1n) is 11.1. The van der Waals surface area contributed by atoms with Crippen molar-refractivity contribution in [1.29, 1.82) is 0 Å². The molecule has 1 atom stereocenters. The average Bonchev–Trinajstić information content (AvgIpc) is 2.69. The van der Waals surface area contributed by atoms with Crippen LogP contribution in [0.1, 0.15) is 46.6 Å². The lowest BCUT2D eigenvalue weighted by Crippen LogP contribution is -2.49. The highest BCUT2D eigenvalue weighted by molar-refractivity contribution is 5.96. The Morgan fingerprint density at radius 1 is 1.06 bits per heavy atom. The lowest BCUT2D eigenvalue weighted by molar-refractivity contribution is -0.240. The predicted octanol–water partition coefficient (Wildman–Crippen LogP) is 4.77. The average molecular weight is 472 g/mol. The predicted molar refractivity (Wildman–Crippen MR) is 123 cm³/mol. The van der Waals surface area contributed by atoms with E-state index in [4.69, 9.17) is 14.2 Å².